The zero-order valence-corrected chi connectivity index (χ0v) is 12.5. The van der Waals surface area contributed by atoms with E-state index in [0.29, 0.717) is 6.04 Å². The van der Waals surface area contributed by atoms with Gasteiger partial charge in [0.15, 0.2) is 0 Å². The van der Waals surface area contributed by atoms with E-state index < -0.39 is 0 Å². The molecule has 0 unspecified atom stereocenters. The predicted molar refractivity (Wildman–Crippen MR) is 70.7 cm³/mol. The Hall–Kier alpha value is -0.388. The summed E-state index contributed by atoms with van der Waals surface area (Å²) in [5.74, 6) is 0. The molecule has 2 rings (SSSR count). The normalized spacial score (nSPS) is 12.2. The van der Waals surface area contributed by atoms with Gasteiger partial charge in [-0.2, -0.15) is 18.2 Å². The Bertz CT molecular complexity index is 465. The van der Waals surface area contributed by atoms with Crippen LogP contribution < -0.4 is 0 Å². The van der Waals surface area contributed by atoms with Crippen LogP contribution in [0.4, 0.5) is 0 Å². The van der Waals surface area contributed by atoms with Crippen LogP contribution in [-0.2, 0) is 18.2 Å². The van der Waals surface area contributed by atoms with Crippen LogP contribution in [0.2, 0.25) is 0 Å². The zero-order chi connectivity index (χ0) is 12.8. The van der Waals surface area contributed by atoms with E-state index >= 15 is 0 Å². The molecule has 1 nitrogen and oxygen atoms in total. The third kappa shape index (κ3) is 3.53. The SMILES string of the molecule is C[C@@H](c1[c-]ccc2ccccc12)N(C)C.[Cl][Pd+]. The second-order valence-electron chi connectivity index (χ2n) is 4.12. The second kappa shape index (κ2) is 7.14. The summed E-state index contributed by atoms with van der Waals surface area (Å²) < 4.78 is 0. The topological polar surface area (TPSA) is 3.24 Å². The summed E-state index contributed by atoms with van der Waals surface area (Å²) in [6.07, 6.45) is 0. The second-order valence-corrected chi connectivity index (χ2v) is 4.12. The number of rotatable bonds is 2. The molecule has 0 aliphatic heterocycles. The third-order valence-corrected chi connectivity index (χ3v) is 2.95. The molecule has 3 heteroatoms. The molecule has 0 saturated heterocycles. The summed E-state index contributed by atoms with van der Waals surface area (Å²) in [7, 11) is 8.68. The summed E-state index contributed by atoms with van der Waals surface area (Å²) in [6.45, 7) is 2.21. The standard InChI is InChI=1S/C14H16N.ClH.Pd/c1-11(15(2)3)13-10-6-8-12-7-4-5-9-14(12)13;;/h4-9,11H,1-3H3;1H;/q-1;;+2/p-1/t11-;;/m0../s1. The Kier molecular flexibility index (Phi) is 6.16. The molecule has 0 aliphatic carbocycles. The van der Waals surface area contributed by atoms with Gasteiger partial charge >= 0.3 is 27.7 Å². The van der Waals surface area contributed by atoms with E-state index in [1.807, 2.05) is 6.07 Å². The molecule has 0 spiro atoms. The van der Waals surface area contributed by atoms with Gasteiger partial charge in [0, 0.05) is 6.04 Å². The quantitative estimate of drug-likeness (QED) is 0.591. The van der Waals surface area contributed by atoms with Gasteiger partial charge in [-0.05, 0) is 21.0 Å². The molecule has 0 N–H and O–H groups in total. The number of hydrogen-bond acceptors (Lipinski definition) is 1. The van der Waals surface area contributed by atoms with Gasteiger partial charge in [0.2, 0.25) is 0 Å². The average molecular weight is 340 g/mol. The molecule has 0 radical (unpaired) electrons. The Balaban J connectivity index is 0.000000686. The molecule has 0 heterocycles. The number of fused-ring (bicyclic) bond motifs is 1. The molecule has 0 saturated carbocycles. The molecule has 2 aromatic rings. The zero-order valence-electron chi connectivity index (χ0n) is 10.2. The van der Waals surface area contributed by atoms with E-state index in [0.717, 1.165) is 0 Å². The first-order valence-electron chi connectivity index (χ1n) is 5.38. The number of hydrogen-bond donors (Lipinski definition) is 0. The van der Waals surface area contributed by atoms with E-state index in [-0.39, 0.29) is 0 Å². The van der Waals surface area contributed by atoms with E-state index in [4.69, 9.17) is 0 Å². The number of benzene rings is 2. The molecule has 0 bridgehead atoms. The van der Waals surface area contributed by atoms with Crippen molar-refractivity contribution in [2.45, 2.75) is 13.0 Å². The van der Waals surface area contributed by atoms with Gasteiger partial charge in [-0.25, -0.2) is 0 Å². The monoisotopic (exact) mass is 339 g/mol. The fraction of sp³-hybridized carbons (Fsp3) is 0.286. The summed E-state index contributed by atoms with van der Waals surface area (Å²) in [5, 5.41) is 2.60. The summed E-state index contributed by atoms with van der Waals surface area (Å²) >= 11 is 2.22. The van der Waals surface area contributed by atoms with Crippen molar-refractivity contribution in [1.82, 2.24) is 4.90 Å². The van der Waals surface area contributed by atoms with E-state index in [9.17, 15) is 0 Å². The molecular formula is C14H16ClNPd. The van der Waals surface area contributed by atoms with Gasteiger partial charge in [0.1, 0.15) is 0 Å². The van der Waals surface area contributed by atoms with Crippen molar-refractivity contribution in [1.29, 1.82) is 0 Å². The summed E-state index contributed by atoms with van der Waals surface area (Å²) in [5.41, 5.74) is 1.28. The molecule has 0 amide bonds. The molecule has 1 atom stereocenters. The fourth-order valence-corrected chi connectivity index (χ4v) is 1.79. The summed E-state index contributed by atoms with van der Waals surface area (Å²) in [6, 6.07) is 16.4. The van der Waals surface area contributed by atoms with Crippen molar-refractivity contribution >= 4 is 20.3 Å². The van der Waals surface area contributed by atoms with Crippen molar-refractivity contribution in [3.05, 3.63) is 48.0 Å². The molecular weight excluding hydrogens is 324 g/mol. The minimum atomic E-state index is 0.399. The molecule has 0 fully saturated rings. The van der Waals surface area contributed by atoms with Crippen LogP contribution in [0.3, 0.4) is 0 Å². The van der Waals surface area contributed by atoms with Crippen LogP contribution in [0.25, 0.3) is 10.8 Å². The number of nitrogens with zero attached hydrogens (tertiary/aromatic N) is 1. The van der Waals surface area contributed by atoms with E-state index in [1.54, 1.807) is 0 Å². The van der Waals surface area contributed by atoms with Crippen LogP contribution in [-0.4, -0.2) is 19.0 Å². The van der Waals surface area contributed by atoms with Crippen molar-refractivity contribution < 1.29 is 18.2 Å². The molecule has 0 aromatic heterocycles. The Morgan fingerprint density at radius 1 is 1.18 bits per heavy atom. The van der Waals surface area contributed by atoms with Gasteiger partial charge < -0.3 is 4.90 Å². The summed E-state index contributed by atoms with van der Waals surface area (Å²) in [4.78, 5) is 2.21. The first-order chi connectivity index (χ1) is 8.20. The molecule has 2 aromatic carbocycles. The number of halogens is 1. The molecule has 94 valence electrons. The fourth-order valence-electron chi connectivity index (χ4n) is 1.79. The maximum atomic E-state index is 4.49. The van der Waals surface area contributed by atoms with Crippen molar-refractivity contribution in [2.24, 2.45) is 0 Å². The molecule has 17 heavy (non-hydrogen) atoms. The predicted octanol–water partition coefficient (Wildman–Crippen LogP) is 3.95. The van der Waals surface area contributed by atoms with Crippen LogP contribution in [0.5, 0.6) is 0 Å². The van der Waals surface area contributed by atoms with Gasteiger partial charge in [0.05, 0.1) is 0 Å². The average Bonchev–Trinajstić information content (AvgIpc) is 2.39. The van der Waals surface area contributed by atoms with Gasteiger partial charge in [-0.1, -0.05) is 18.2 Å². The van der Waals surface area contributed by atoms with Crippen LogP contribution >= 0.6 is 9.53 Å². The van der Waals surface area contributed by atoms with Crippen molar-refractivity contribution in [3.8, 4) is 0 Å². The van der Waals surface area contributed by atoms with Gasteiger partial charge in [0.25, 0.3) is 0 Å². The van der Waals surface area contributed by atoms with Gasteiger partial charge in [-0.3, -0.25) is 0 Å². The van der Waals surface area contributed by atoms with Crippen molar-refractivity contribution in [3.63, 3.8) is 0 Å². The minimum absolute atomic E-state index is 0.399. The van der Waals surface area contributed by atoms with E-state index in [1.165, 1.54) is 16.3 Å². The van der Waals surface area contributed by atoms with Gasteiger partial charge in [-0.15, -0.1) is 22.4 Å². The van der Waals surface area contributed by atoms with Crippen LogP contribution in [0.1, 0.15) is 18.5 Å². The molecule has 0 aliphatic rings. The first-order valence-corrected chi connectivity index (χ1v) is 7.38. The Morgan fingerprint density at radius 3 is 2.47 bits per heavy atom. The third-order valence-electron chi connectivity index (χ3n) is 2.95. The first kappa shape index (κ1) is 14.7. The van der Waals surface area contributed by atoms with E-state index in [2.05, 4.69) is 90.0 Å². The van der Waals surface area contributed by atoms with Crippen LogP contribution in [0.15, 0.2) is 36.4 Å². The van der Waals surface area contributed by atoms with Crippen LogP contribution in [0, 0.1) is 6.07 Å². The Labute approximate surface area is 118 Å². The maximum absolute atomic E-state index is 4.49. The van der Waals surface area contributed by atoms with Crippen molar-refractivity contribution in [2.75, 3.05) is 14.1 Å². The Morgan fingerprint density at radius 2 is 1.82 bits per heavy atom.